The number of benzene rings is 11. The van der Waals surface area contributed by atoms with Crippen LogP contribution in [0.25, 0.3) is 99.1 Å². The van der Waals surface area contributed by atoms with Gasteiger partial charge in [-0.3, -0.25) is 0 Å². The molecule has 64 heavy (non-hydrogen) atoms. The lowest BCUT2D eigenvalue weighted by molar-refractivity contribution is 0.669. The second kappa shape index (κ2) is 15.8. The molecule has 0 aliphatic rings. The van der Waals surface area contributed by atoms with Crippen LogP contribution in [-0.2, 0) is 0 Å². The lowest BCUT2D eigenvalue weighted by atomic mass is 9.93. The Hall–Kier alpha value is -8.46. The zero-order chi connectivity index (χ0) is 42.4. The van der Waals surface area contributed by atoms with Crippen molar-refractivity contribution in [3.63, 3.8) is 0 Å². The topological polar surface area (TPSA) is 16.4 Å². The van der Waals surface area contributed by atoms with Crippen molar-refractivity contribution < 1.29 is 4.42 Å². The number of hydrogen-bond donors (Lipinski definition) is 0. The van der Waals surface area contributed by atoms with E-state index in [9.17, 15) is 0 Å². The molecule has 0 unspecified atom stereocenters. The maximum absolute atomic E-state index is 6.33. The third-order valence-electron chi connectivity index (χ3n) is 12.6. The van der Waals surface area contributed by atoms with E-state index >= 15 is 0 Å². The van der Waals surface area contributed by atoms with Crippen LogP contribution in [0.2, 0.25) is 0 Å². The number of rotatable bonds is 8. The molecule has 11 aromatic carbocycles. The fourth-order valence-corrected chi connectivity index (χ4v) is 9.45. The molecule has 0 N–H and O–H groups in total. The van der Waals surface area contributed by atoms with Crippen LogP contribution in [0.15, 0.2) is 253 Å². The molecule has 1 heterocycles. The Kier molecular flexibility index (Phi) is 9.20. The van der Waals surface area contributed by atoms with Crippen molar-refractivity contribution in [2.45, 2.75) is 0 Å². The van der Waals surface area contributed by atoms with Crippen LogP contribution in [0.5, 0.6) is 0 Å². The fourth-order valence-electron chi connectivity index (χ4n) is 9.45. The molecule has 300 valence electrons. The molecule has 0 aliphatic carbocycles. The smallest absolute Gasteiger partial charge is 0.136 e. The highest BCUT2D eigenvalue weighted by atomic mass is 16.3. The summed E-state index contributed by atoms with van der Waals surface area (Å²) >= 11 is 0. The predicted molar refractivity (Wildman–Crippen MR) is 271 cm³/mol. The van der Waals surface area contributed by atoms with Gasteiger partial charge < -0.3 is 9.32 Å². The van der Waals surface area contributed by atoms with Gasteiger partial charge in [-0.15, -0.1) is 0 Å². The molecule has 0 fully saturated rings. The van der Waals surface area contributed by atoms with E-state index < -0.39 is 0 Å². The summed E-state index contributed by atoms with van der Waals surface area (Å²) in [6.45, 7) is 0. The Bertz CT molecular complexity index is 3590. The average molecular weight is 816 g/mol. The third-order valence-corrected chi connectivity index (χ3v) is 12.6. The number of fused-ring (bicyclic) bond motifs is 6. The molecular weight excluding hydrogens is 775 g/mol. The minimum absolute atomic E-state index is 0.889. The van der Waals surface area contributed by atoms with Crippen molar-refractivity contribution in [2.24, 2.45) is 0 Å². The second-order valence-corrected chi connectivity index (χ2v) is 16.5. The minimum Gasteiger partial charge on any atom is -0.456 e. The van der Waals surface area contributed by atoms with Crippen LogP contribution >= 0.6 is 0 Å². The molecule has 0 aliphatic heterocycles. The van der Waals surface area contributed by atoms with E-state index in [0.29, 0.717) is 0 Å². The van der Waals surface area contributed by atoms with Gasteiger partial charge in [-0.1, -0.05) is 176 Å². The van der Waals surface area contributed by atoms with Crippen molar-refractivity contribution >= 4 is 60.5 Å². The van der Waals surface area contributed by atoms with Crippen LogP contribution in [0, 0.1) is 0 Å². The van der Waals surface area contributed by atoms with Gasteiger partial charge >= 0.3 is 0 Å². The second-order valence-electron chi connectivity index (χ2n) is 16.5. The summed E-state index contributed by atoms with van der Waals surface area (Å²) < 4.78 is 6.33. The number of anilines is 3. The first-order valence-corrected chi connectivity index (χ1v) is 21.9. The Morgan fingerprint density at radius 3 is 1.44 bits per heavy atom. The molecule has 12 aromatic rings. The Balaban J connectivity index is 0.961. The van der Waals surface area contributed by atoms with E-state index in [-0.39, 0.29) is 0 Å². The summed E-state index contributed by atoms with van der Waals surface area (Å²) in [7, 11) is 0. The first-order chi connectivity index (χ1) is 31.7. The van der Waals surface area contributed by atoms with Crippen LogP contribution < -0.4 is 4.90 Å². The zero-order valence-corrected chi connectivity index (χ0v) is 35.0. The van der Waals surface area contributed by atoms with Gasteiger partial charge in [-0.2, -0.15) is 0 Å². The number of nitrogens with zero attached hydrogens (tertiary/aromatic N) is 1. The summed E-state index contributed by atoms with van der Waals surface area (Å²) in [5.74, 6) is 0. The molecular formula is C62H41NO. The van der Waals surface area contributed by atoms with Gasteiger partial charge in [0.2, 0.25) is 0 Å². The molecule has 12 rings (SSSR count). The molecule has 0 saturated heterocycles. The summed E-state index contributed by atoms with van der Waals surface area (Å²) in [5.41, 5.74) is 16.7. The van der Waals surface area contributed by atoms with E-state index in [2.05, 4.69) is 241 Å². The van der Waals surface area contributed by atoms with Crippen molar-refractivity contribution in [3.8, 4) is 55.6 Å². The van der Waals surface area contributed by atoms with E-state index in [0.717, 1.165) is 55.7 Å². The van der Waals surface area contributed by atoms with E-state index in [1.54, 1.807) is 0 Å². The maximum Gasteiger partial charge on any atom is 0.136 e. The molecule has 0 atom stereocenters. The number of hydrogen-bond acceptors (Lipinski definition) is 2. The third kappa shape index (κ3) is 6.79. The number of furan rings is 1. The average Bonchev–Trinajstić information content (AvgIpc) is 3.75. The van der Waals surface area contributed by atoms with Gasteiger partial charge in [-0.05, 0) is 150 Å². The van der Waals surface area contributed by atoms with E-state index in [4.69, 9.17) is 4.42 Å². The Morgan fingerprint density at radius 1 is 0.234 bits per heavy atom. The quantitative estimate of drug-likeness (QED) is 0.142. The Morgan fingerprint density at radius 2 is 0.734 bits per heavy atom. The van der Waals surface area contributed by atoms with Crippen molar-refractivity contribution in [2.75, 3.05) is 4.90 Å². The fraction of sp³-hybridized carbons (Fsp3) is 0. The summed E-state index contributed by atoms with van der Waals surface area (Å²) in [6, 6.07) is 89.7. The van der Waals surface area contributed by atoms with Crippen LogP contribution in [0.4, 0.5) is 17.1 Å². The van der Waals surface area contributed by atoms with Crippen molar-refractivity contribution in [3.05, 3.63) is 249 Å². The largest absolute Gasteiger partial charge is 0.456 e. The van der Waals surface area contributed by atoms with Crippen LogP contribution in [0.1, 0.15) is 0 Å². The molecule has 2 heteroatoms. The predicted octanol–water partition coefficient (Wildman–Crippen LogP) is 17.7. The van der Waals surface area contributed by atoms with E-state index in [1.807, 2.05) is 12.1 Å². The molecule has 0 saturated carbocycles. The van der Waals surface area contributed by atoms with E-state index in [1.165, 1.54) is 60.5 Å². The van der Waals surface area contributed by atoms with Gasteiger partial charge in [0.25, 0.3) is 0 Å². The summed E-state index contributed by atoms with van der Waals surface area (Å²) in [4.78, 5) is 2.36. The summed E-state index contributed by atoms with van der Waals surface area (Å²) in [5, 5.41) is 7.31. The zero-order valence-electron chi connectivity index (χ0n) is 35.0. The number of para-hydroxylation sites is 1. The minimum atomic E-state index is 0.889. The highest BCUT2D eigenvalue weighted by Crippen LogP contribution is 2.41. The molecule has 0 amide bonds. The Labute approximate surface area is 372 Å². The van der Waals surface area contributed by atoms with Gasteiger partial charge in [0, 0.05) is 27.8 Å². The molecule has 1 aromatic heterocycles. The normalized spacial score (nSPS) is 11.4. The molecule has 0 spiro atoms. The molecule has 2 nitrogen and oxygen atoms in total. The highest BCUT2D eigenvalue weighted by molar-refractivity contribution is 6.12. The summed E-state index contributed by atoms with van der Waals surface area (Å²) in [6.07, 6.45) is 0. The van der Waals surface area contributed by atoms with Crippen LogP contribution in [-0.4, -0.2) is 0 Å². The van der Waals surface area contributed by atoms with Gasteiger partial charge in [-0.25, -0.2) is 0 Å². The lowest BCUT2D eigenvalue weighted by Crippen LogP contribution is -2.10. The monoisotopic (exact) mass is 815 g/mol. The molecule has 0 bridgehead atoms. The van der Waals surface area contributed by atoms with Gasteiger partial charge in [0.1, 0.15) is 11.2 Å². The van der Waals surface area contributed by atoms with Crippen molar-refractivity contribution in [1.82, 2.24) is 0 Å². The maximum atomic E-state index is 6.33. The standard InChI is InChI=1S/C62H41NO/c1-3-13-42(14-4-1)49-37-50(43-15-5-2-6-16-43)39-51(38-49)44-25-31-52(32-26-44)63(54-19-11-18-47(40-54)48-30-36-60-59-21-9-10-24-61(59)64-62(60)41-48)53-33-27-46(28-34-53)56-22-12-23-57-55-20-8-7-17-45(55)29-35-58(56)57/h1-41H. The van der Waals surface area contributed by atoms with Crippen molar-refractivity contribution in [1.29, 1.82) is 0 Å². The SMILES string of the molecule is c1ccc(-c2cc(-c3ccccc3)cc(-c3ccc(N(c4ccc(-c5cccc6c5ccc5ccccc56)cc4)c4cccc(-c5ccc6c(c5)oc5ccccc56)c4)cc3)c2)cc1. The van der Waals surface area contributed by atoms with Gasteiger partial charge in [0.05, 0.1) is 0 Å². The highest BCUT2D eigenvalue weighted by Gasteiger charge is 2.17. The molecule has 0 radical (unpaired) electrons. The van der Waals surface area contributed by atoms with Crippen LogP contribution in [0.3, 0.4) is 0 Å². The first-order valence-electron chi connectivity index (χ1n) is 21.9. The van der Waals surface area contributed by atoms with Gasteiger partial charge in [0.15, 0.2) is 0 Å². The first kappa shape index (κ1) is 37.3. The lowest BCUT2D eigenvalue weighted by Gasteiger charge is -2.26.